The summed E-state index contributed by atoms with van der Waals surface area (Å²) in [5, 5.41) is 11.7. The lowest BCUT2D eigenvalue weighted by Crippen LogP contribution is -2.40. The van der Waals surface area contributed by atoms with E-state index in [2.05, 4.69) is 51.1 Å². The highest BCUT2D eigenvalue weighted by Gasteiger charge is 2.16. The molecule has 0 amide bonds. The van der Waals surface area contributed by atoms with Crippen molar-refractivity contribution in [1.29, 1.82) is 0 Å². The standard InChI is InChI=1S/C21H32N6O2.HI/c1-4-20-25-24-16-27(20)11-10-22-21(23-13-18-9-12-29-15-18)26(2)14-17-5-7-19(28-3)8-6-17;/h5-8,16,18H,4,9-15H2,1-3H3,(H,22,23);1H. The largest absolute Gasteiger partial charge is 0.497 e. The summed E-state index contributed by atoms with van der Waals surface area (Å²) in [5.41, 5.74) is 1.21. The molecule has 1 fully saturated rings. The molecular formula is C21H33IN6O2. The number of aliphatic imine (C=N–C) groups is 1. The Bertz CT molecular complexity index is 774. The van der Waals surface area contributed by atoms with Crippen molar-refractivity contribution < 1.29 is 9.47 Å². The Morgan fingerprint density at radius 2 is 2.17 bits per heavy atom. The molecule has 1 aliphatic rings. The van der Waals surface area contributed by atoms with E-state index in [0.717, 1.165) is 69.8 Å². The van der Waals surface area contributed by atoms with Gasteiger partial charge in [0.1, 0.15) is 17.9 Å². The van der Waals surface area contributed by atoms with Gasteiger partial charge in [-0.3, -0.25) is 4.99 Å². The van der Waals surface area contributed by atoms with Gasteiger partial charge < -0.3 is 24.3 Å². The number of hydrogen-bond donors (Lipinski definition) is 1. The van der Waals surface area contributed by atoms with Gasteiger partial charge in [-0.2, -0.15) is 0 Å². The van der Waals surface area contributed by atoms with E-state index < -0.39 is 0 Å². The quantitative estimate of drug-likeness (QED) is 0.307. The molecule has 3 rings (SSSR count). The highest BCUT2D eigenvalue weighted by atomic mass is 127. The Morgan fingerprint density at radius 3 is 2.83 bits per heavy atom. The van der Waals surface area contributed by atoms with Gasteiger partial charge in [0.25, 0.3) is 0 Å². The Balaban J connectivity index is 0.00000320. The number of hydrogen-bond acceptors (Lipinski definition) is 5. The van der Waals surface area contributed by atoms with E-state index in [9.17, 15) is 0 Å². The van der Waals surface area contributed by atoms with Crippen LogP contribution in [0.5, 0.6) is 5.75 Å². The van der Waals surface area contributed by atoms with E-state index in [4.69, 9.17) is 14.5 Å². The number of halogens is 1. The van der Waals surface area contributed by atoms with Gasteiger partial charge in [0, 0.05) is 52.2 Å². The minimum atomic E-state index is 0. The number of benzene rings is 1. The summed E-state index contributed by atoms with van der Waals surface area (Å²) < 4.78 is 12.8. The second-order valence-corrected chi connectivity index (χ2v) is 7.32. The lowest BCUT2D eigenvalue weighted by atomic mass is 10.1. The molecule has 1 atom stereocenters. The van der Waals surface area contributed by atoms with Gasteiger partial charge in [-0.15, -0.1) is 34.2 Å². The van der Waals surface area contributed by atoms with Crippen LogP contribution in [-0.4, -0.2) is 66.1 Å². The molecule has 1 aromatic heterocycles. The number of methoxy groups -OCH3 is 1. The van der Waals surface area contributed by atoms with Crippen LogP contribution in [0.1, 0.15) is 24.7 Å². The number of ether oxygens (including phenoxy) is 2. The molecule has 0 radical (unpaired) electrons. The number of nitrogens with one attached hydrogen (secondary N) is 1. The molecule has 1 aromatic carbocycles. The summed E-state index contributed by atoms with van der Waals surface area (Å²) in [6, 6.07) is 8.15. The van der Waals surface area contributed by atoms with Gasteiger partial charge >= 0.3 is 0 Å². The number of aromatic nitrogens is 3. The van der Waals surface area contributed by atoms with Crippen LogP contribution in [0.15, 0.2) is 35.6 Å². The summed E-state index contributed by atoms with van der Waals surface area (Å²) in [6.45, 7) is 6.85. The van der Waals surface area contributed by atoms with Gasteiger partial charge in [-0.25, -0.2) is 0 Å². The first-order chi connectivity index (χ1) is 14.2. The Morgan fingerprint density at radius 1 is 1.37 bits per heavy atom. The predicted octanol–water partition coefficient (Wildman–Crippen LogP) is 2.58. The molecule has 2 heterocycles. The van der Waals surface area contributed by atoms with E-state index >= 15 is 0 Å². The maximum atomic E-state index is 5.49. The molecule has 1 N–H and O–H groups in total. The van der Waals surface area contributed by atoms with Crippen LogP contribution in [0.2, 0.25) is 0 Å². The van der Waals surface area contributed by atoms with Crippen molar-refractivity contribution in [2.75, 3.05) is 40.5 Å². The maximum absolute atomic E-state index is 5.49. The van der Waals surface area contributed by atoms with Crippen molar-refractivity contribution in [1.82, 2.24) is 25.0 Å². The van der Waals surface area contributed by atoms with Crippen molar-refractivity contribution in [3.8, 4) is 5.75 Å². The summed E-state index contributed by atoms with van der Waals surface area (Å²) in [6.07, 6.45) is 3.74. The molecule has 8 nitrogen and oxygen atoms in total. The second kappa shape index (κ2) is 12.7. The zero-order valence-electron chi connectivity index (χ0n) is 18.1. The average molecular weight is 528 g/mol. The second-order valence-electron chi connectivity index (χ2n) is 7.32. The van der Waals surface area contributed by atoms with Gasteiger partial charge in [0.05, 0.1) is 13.7 Å². The molecule has 2 aromatic rings. The van der Waals surface area contributed by atoms with Crippen LogP contribution in [0.25, 0.3) is 0 Å². The minimum Gasteiger partial charge on any atom is -0.497 e. The zero-order valence-corrected chi connectivity index (χ0v) is 20.4. The van der Waals surface area contributed by atoms with Crippen LogP contribution in [0, 0.1) is 5.92 Å². The molecule has 1 saturated heterocycles. The molecule has 166 valence electrons. The van der Waals surface area contributed by atoms with Gasteiger partial charge in [-0.05, 0) is 24.1 Å². The van der Waals surface area contributed by atoms with Gasteiger partial charge in [-0.1, -0.05) is 19.1 Å². The first kappa shape index (κ1) is 24.4. The van der Waals surface area contributed by atoms with E-state index in [1.165, 1.54) is 5.56 Å². The normalized spacial score (nSPS) is 16.2. The molecule has 0 aliphatic carbocycles. The van der Waals surface area contributed by atoms with E-state index in [0.29, 0.717) is 5.92 Å². The third-order valence-corrected chi connectivity index (χ3v) is 5.11. The highest BCUT2D eigenvalue weighted by Crippen LogP contribution is 2.14. The SMILES string of the molecule is CCc1nncn1CCNC(=NCC1CCOC1)N(C)Cc1ccc(OC)cc1.I. The lowest BCUT2D eigenvalue weighted by molar-refractivity contribution is 0.187. The molecule has 0 spiro atoms. The predicted molar refractivity (Wildman–Crippen MR) is 129 cm³/mol. The average Bonchev–Trinajstić information content (AvgIpc) is 3.42. The molecule has 0 bridgehead atoms. The molecule has 1 aliphatic heterocycles. The molecule has 9 heteroatoms. The Labute approximate surface area is 196 Å². The van der Waals surface area contributed by atoms with Crippen molar-refractivity contribution >= 4 is 29.9 Å². The van der Waals surface area contributed by atoms with E-state index in [1.807, 2.05) is 12.1 Å². The summed E-state index contributed by atoms with van der Waals surface area (Å²) >= 11 is 0. The first-order valence-corrected chi connectivity index (χ1v) is 10.3. The number of nitrogens with zero attached hydrogens (tertiary/aromatic N) is 5. The van der Waals surface area contributed by atoms with Crippen molar-refractivity contribution in [3.05, 3.63) is 42.0 Å². The van der Waals surface area contributed by atoms with E-state index in [-0.39, 0.29) is 24.0 Å². The van der Waals surface area contributed by atoms with Gasteiger partial charge in [0.15, 0.2) is 5.96 Å². The fourth-order valence-corrected chi connectivity index (χ4v) is 3.36. The number of aryl methyl sites for hydroxylation is 1. The summed E-state index contributed by atoms with van der Waals surface area (Å²) in [4.78, 5) is 7.04. The van der Waals surface area contributed by atoms with Crippen LogP contribution < -0.4 is 10.1 Å². The van der Waals surface area contributed by atoms with Crippen molar-refractivity contribution in [2.24, 2.45) is 10.9 Å². The highest BCUT2D eigenvalue weighted by molar-refractivity contribution is 14.0. The molecule has 1 unspecified atom stereocenters. The lowest BCUT2D eigenvalue weighted by Gasteiger charge is -2.23. The minimum absolute atomic E-state index is 0. The van der Waals surface area contributed by atoms with Crippen LogP contribution >= 0.6 is 24.0 Å². The number of guanidine groups is 1. The third kappa shape index (κ3) is 7.12. The summed E-state index contributed by atoms with van der Waals surface area (Å²) in [7, 11) is 3.75. The topological polar surface area (TPSA) is 76.8 Å². The smallest absolute Gasteiger partial charge is 0.194 e. The van der Waals surface area contributed by atoms with Crippen LogP contribution in [0.4, 0.5) is 0 Å². The van der Waals surface area contributed by atoms with Crippen LogP contribution in [0.3, 0.4) is 0 Å². The van der Waals surface area contributed by atoms with Crippen molar-refractivity contribution in [2.45, 2.75) is 32.9 Å². The monoisotopic (exact) mass is 528 g/mol. The fourth-order valence-electron chi connectivity index (χ4n) is 3.36. The zero-order chi connectivity index (χ0) is 20.5. The first-order valence-electron chi connectivity index (χ1n) is 10.3. The fraction of sp³-hybridized carbons (Fsp3) is 0.571. The number of rotatable bonds is 9. The third-order valence-electron chi connectivity index (χ3n) is 5.11. The van der Waals surface area contributed by atoms with E-state index in [1.54, 1.807) is 13.4 Å². The molecular weight excluding hydrogens is 495 g/mol. The van der Waals surface area contributed by atoms with Gasteiger partial charge in [0.2, 0.25) is 0 Å². The molecule has 30 heavy (non-hydrogen) atoms. The maximum Gasteiger partial charge on any atom is 0.194 e. The molecule has 0 saturated carbocycles. The Hall–Kier alpha value is -1.88. The Kier molecular flexibility index (Phi) is 10.4. The van der Waals surface area contributed by atoms with Crippen LogP contribution in [-0.2, 0) is 24.2 Å². The summed E-state index contributed by atoms with van der Waals surface area (Å²) in [5.74, 6) is 3.27. The van der Waals surface area contributed by atoms with Crippen molar-refractivity contribution in [3.63, 3.8) is 0 Å².